The minimum atomic E-state index is -0.0117. The van der Waals surface area contributed by atoms with Crippen LogP contribution in [0.25, 0.3) is 10.9 Å². The second-order valence-corrected chi connectivity index (χ2v) is 6.40. The average Bonchev–Trinajstić information content (AvgIpc) is 2.84. The van der Waals surface area contributed by atoms with E-state index in [9.17, 15) is 4.79 Å². The predicted molar refractivity (Wildman–Crippen MR) is 78.2 cm³/mol. The van der Waals surface area contributed by atoms with Gasteiger partial charge in [0.2, 0.25) is 0 Å². The summed E-state index contributed by atoms with van der Waals surface area (Å²) in [7, 11) is 0. The van der Waals surface area contributed by atoms with Crippen LogP contribution in [0.15, 0.2) is 30.5 Å². The fourth-order valence-corrected chi connectivity index (χ4v) is 1.96. The number of thioether (sulfide) groups is 1. The number of nitrogens with one attached hydrogen (secondary N) is 2. The number of aromatic amines is 1. The molecule has 1 amide bonds. The molecule has 0 atom stereocenters. The molecule has 0 fully saturated rings. The van der Waals surface area contributed by atoms with Gasteiger partial charge in [0.05, 0.1) is 0 Å². The summed E-state index contributed by atoms with van der Waals surface area (Å²) in [6, 6.07) is 7.66. The highest BCUT2D eigenvalue weighted by Crippen LogP contribution is 2.21. The fourth-order valence-electron chi connectivity index (χ4n) is 1.74. The van der Waals surface area contributed by atoms with E-state index >= 15 is 0 Å². The first-order valence-corrected chi connectivity index (χ1v) is 7.15. The number of H-pyrrole nitrogens is 1. The number of hydrogen-bond donors (Lipinski definition) is 2. The van der Waals surface area contributed by atoms with E-state index in [0.29, 0.717) is 6.54 Å². The molecule has 3 nitrogen and oxygen atoms in total. The Morgan fingerprint density at radius 3 is 2.89 bits per heavy atom. The van der Waals surface area contributed by atoms with Gasteiger partial charge < -0.3 is 10.3 Å². The van der Waals surface area contributed by atoms with E-state index in [-0.39, 0.29) is 10.7 Å². The van der Waals surface area contributed by atoms with Gasteiger partial charge in [-0.2, -0.15) is 11.8 Å². The van der Waals surface area contributed by atoms with Crippen LogP contribution in [-0.4, -0.2) is 28.4 Å². The van der Waals surface area contributed by atoms with Crippen LogP contribution in [0.4, 0.5) is 0 Å². The molecule has 0 bridgehead atoms. The van der Waals surface area contributed by atoms with Crippen molar-refractivity contribution in [3.63, 3.8) is 0 Å². The minimum Gasteiger partial charge on any atom is -0.361 e. The van der Waals surface area contributed by atoms with Gasteiger partial charge in [-0.1, -0.05) is 6.07 Å². The normalized spacial score (nSPS) is 11.7. The number of carbonyl (C=O) groups excluding carboxylic acids is 1. The van der Waals surface area contributed by atoms with Gasteiger partial charge in [0.1, 0.15) is 0 Å². The molecule has 1 heterocycles. The van der Waals surface area contributed by atoms with Gasteiger partial charge in [0.25, 0.3) is 5.91 Å². The largest absolute Gasteiger partial charge is 0.361 e. The van der Waals surface area contributed by atoms with E-state index in [2.05, 4.69) is 30.4 Å². The van der Waals surface area contributed by atoms with Crippen molar-refractivity contribution >= 4 is 28.6 Å². The number of amides is 1. The molecule has 0 aliphatic rings. The number of carbonyl (C=O) groups is 1. The Hall–Kier alpha value is -1.42. The third-order valence-electron chi connectivity index (χ3n) is 3.07. The predicted octanol–water partition coefficient (Wildman–Crippen LogP) is 3.04. The van der Waals surface area contributed by atoms with Crippen LogP contribution in [0, 0.1) is 0 Å². The van der Waals surface area contributed by atoms with Crippen molar-refractivity contribution in [3.05, 3.63) is 36.0 Å². The Labute approximate surface area is 111 Å². The minimum absolute atomic E-state index is 0.0117. The standard InChI is InChI=1S/C14H18N2OS/c1-14(2,18-3)9-16-13(17)11-5-4-6-12-10(11)7-8-15-12/h4-8,15H,9H2,1-3H3,(H,16,17). The fraction of sp³-hybridized carbons (Fsp3) is 0.357. The summed E-state index contributed by atoms with van der Waals surface area (Å²) in [5.74, 6) is -0.0117. The smallest absolute Gasteiger partial charge is 0.252 e. The van der Waals surface area contributed by atoms with Crippen molar-refractivity contribution in [3.8, 4) is 0 Å². The van der Waals surface area contributed by atoms with Gasteiger partial charge in [-0.3, -0.25) is 4.79 Å². The molecule has 0 unspecified atom stereocenters. The zero-order valence-electron chi connectivity index (χ0n) is 10.9. The van der Waals surface area contributed by atoms with Crippen molar-refractivity contribution in [2.45, 2.75) is 18.6 Å². The van der Waals surface area contributed by atoms with Crippen molar-refractivity contribution in [2.75, 3.05) is 12.8 Å². The molecule has 0 aliphatic carbocycles. The Morgan fingerprint density at radius 2 is 2.17 bits per heavy atom. The lowest BCUT2D eigenvalue weighted by Crippen LogP contribution is -2.36. The van der Waals surface area contributed by atoms with Crippen LogP contribution in [0.2, 0.25) is 0 Å². The van der Waals surface area contributed by atoms with Crippen LogP contribution < -0.4 is 5.32 Å². The maximum absolute atomic E-state index is 12.2. The van der Waals surface area contributed by atoms with Gasteiger partial charge in [0, 0.05) is 34.0 Å². The van der Waals surface area contributed by atoms with E-state index < -0.39 is 0 Å². The van der Waals surface area contributed by atoms with Gasteiger partial charge in [-0.05, 0) is 38.3 Å². The van der Waals surface area contributed by atoms with Gasteiger partial charge in [-0.25, -0.2) is 0 Å². The van der Waals surface area contributed by atoms with Crippen LogP contribution in [-0.2, 0) is 0 Å². The first-order chi connectivity index (χ1) is 8.53. The molecule has 1 aromatic carbocycles. The molecular formula is C14H18N2OS. The molecule has 0 spiro atoms. The lowest BCUT2D eigenvalue weighted by atomic mass is 10.1. The third kappa shape index (κ3) is 2.70. The van der Waals surface area contributed by atoms with E-state index in [1.807, 2.05) is 30.5 Å². The van der Waals surface area contributed by atoms with Gasteiger partial charge in [0.15, 0.2) is 0 Å². The summed E-state index contributed by atoms with van der Waals surface area (Å²) >= 11 is 1.75. The first kappa shape index (κ1) is 13.0. The Morgan fingerprint density at radius 1 is 1.39 bits per heavy atom. The Bertz CT molecular complexity index is 560. The molecule has 1 aromatic heterocycles. The van der Waals surface area contributed by atoms with Crippen molar-refractivity contribution in [1.82, 2.24) is 10.3 Å². The monoisotopic (exact) mass is 262 g/mol. The molecule has 2 rings (SSSR count). The number of hydrogen-bond acceptors (Lipinski definition) is 2. The number of benzene rings is 1. The SMILES string of the molecule is CSC(C)(C)CNC(=O)c1cccc2[nH]ccc12. The molecular weight excluding hydrogens is 244 g/mol. The number of rotatable bonds is 4. The lowest BCUT2D eigenvalue weighted by molar-refractivity contribution is 0.0952. The molecule has 2 N–H and O–H groups in total. The molecule has 96 valence electrons. The van der Waals surface area contributed by atoms with E-state index in [0.717, 1.165) is 16.5 Å². The molecule has 0 saturated heterocycles. The van der Waals surface area contributed by atoms with Crippen LogP contribution in [0.5, 0.6) is 0 Å². The summed E-state index contributed by atoms with van der Waals surface area (Å²) in [6.07, 6.45) is 3.91. The summed E-state index contributed by atoms with van der Waals surface area (Å²) in [4.78, 5) is 15.3. The quantitative estimate of drug-likeness (QED) is 0.889. The number of fused-ring (bicyclic) bond motifs is 1. The van der Waals surface area contributed by atoms with Crippen molar-refractivity contribution in [2.24, 2.45) is 0 Å². The molecule has 4 heteroatoms. The van der Waals surface area contributed by atoms with Crippen LogP contribution >= 0.6 is 11.8 Å². The second-order valence-electron chi connectivity index (χ2n) is 4.89. The van der Waals surface area contributed by atoms with Gasteiger partial charge >= 0.3 is 0 Å². The molecule has 2 aromatic rings. The zero-order chi connectivity index (χ0) is 13.2. The summed E-state index contributed by atoms with van der Waals surface area (Å²) in [5, 5.41) is 3.97. The maximum atomic E-state index is 12.2. The van der Waals surface area contributed by atoms with E-state index in [4.69, 9.17) is 0 Å². The Balaban J connectivity index is 2.17. The van der Waals surface area contributed by atoms with Crippen LogP contribution in [0.3, 0.4) is 0 Å². The lowest BCUT2D eigenvalue weighted by Gasteiger charge is -2.22. The maximum Gasteiger partial charge on any atom is 0.252 e. The number of aromatic nitrogens is 1. The van der Waals surface area contributed by atoms with Gasteiger partial charge in [-0.15, -0.1) is 0 Å². The zero-order valence-corrected chi connectivity index (χ0v) is 11.7. The first-order valence-electron chi connectivity index (χ1n) is 5.93. The highest BCUT2D eigenvalue weighted by molar-refractivity contribution is 7.99. The Kier molecular flexibility index (Phi) is 3.66. The molecule has 0 radical (unpaired) electrons. The average molecular weight is 262 g/mol. The molecule has 18 heavy (non-hydrogen) atoms. The second kappa shape index (κ2) is 5.06. The molecule has 0 saturated carbocycles. The topological polar surface area (TPSA) is 44.9 Å². The third-order valence-corrected chi connectivity index (χ3v) is 4.32. The molecule has 0 aliphatic heterocycles. The highest BCUT2D eigenvalue weighted by Gasteiger charge is 2.18. The summed E-state index contributed by atoms with van der Waals surface area (Å²) in [6.45, 7) is 4.90. The van der Waals surface area contributed by atoms with E-state index in [1.165, 1.54) is 0 Å². The van der Waals surface area contributed by atoms with Crippen molar-refractivity contribution < 1.29 is 4.79 Å². The highest BCUT2D eigenvalue weighted by atomic mass is 32.2. The summed E-state index contributed by atoms with van der Waals surface area (Å²) in [5.41, 5.74) is 1.72. The van der Waals surface area contributed by atoms with Crippen LogP contribution in [0.1, 0.15) is 24.2 Å². The van der Waals surface area contributed by atoms with Crippen molar-refractivity contribution in [1.29, 1.82) is 0 Å². The van der Waals surface area contributed by atoms with E-state index in [1.54, 1.807) is 11.8 Å². The summed E-state index contributed by atoms with van der Waals surface area (Å²) < 4.78 is 0.0572.